The van der Waals surface area contributed by atoms with Crippen LogP contribution in [-0.4, -0.2) is 13.1 Å². The van der Waals surface area contributed by atoms with Gasteiger partial charge in [-0.3, -0.25) is 0 Å². The highest BCUT2D eigenvalue weighted by Crippen LogP contribution is 2.20. The van der Waals surface area contributed by atoms with Crippen molar-refractivity contribution in [3.05, 3.63) is 35.9 Å². The molecule has 0 aromatic heterocycles. The van der Waals surface area contributed by atoms with E-state index in [1.54, 1.807) is 0 Å². The molecule has 1 aliphatic rings. The summed E-state index contributed by atoms with van der Waals surface area (Å²) >= 11 is 0. The highest BCUT2D eigenvalue weighted by molar-refractivity contribution is 5.56. The Morgan fingerprint density at radius 1 is 1.07 bits per heavy atom. The van der Waals surface area contributed by atoms with Crippen molar-refractivity contribution in [2.45, 2.75) is 19.8 Å². The lowest BCUT2D eigenvalue weighted by atomic mass is 10.2. The van der Waals surface area contributed by atoms with Crippen LogP contribution in [0.25, 0.3) is 6.08 Å². The number of anilines is 1. The molecule has 1 nitrogen and oxygen atoms in total. The van der Waals surface area contributed by atoms with E-state index in [0.29, 0.717) is 0 Å². The molecule has 2 rings (SSSR count). The Kier molecular flexibility index (Phi) is 2.87. The first-order chi connectivity index (χ1) is 6.90. The van der Waals surface area contributed by atoms with Crippen molar-refractivity contribution in [2.24, 2.45) is 0 Å². The van der Waals surface area contributed by atoms with Crippen LogP contribution in [0.15, 0.2) is 30.3 Å². The van der Waals surface area contributed by atoms with Crippen LogP contribution in [0.3, 0.4) is 0 Å². The topological polar surface area (TPSA) is 3.24 Å². The Morgan fingerprint density at radius 2 is 1.71 bits per heavy atom. The Bertz CT molecular complexity index is 305. The molecular formula is C13H17N. The van der Waals surface area contributed by atoms with Crippen LogP contribution < -0.4 is 4.90 Å². The van der Waals surface area contributed by atoms with Gasteiger partial charge in [-0.25, -0.2) is 0 Å². The van der Waals surface area contributed by atoms with Crippen LogP contribution in [-0.2, 0) is 0 Å². The molecule has 0 radical (unpaired) electrons. The first kappa shape index (κ1) is 9.32. The third-order valence-corrected chi connectivity index (χ3v) is 2.72. The molecule has 1 heterocycles. The molecule has 0 amide bonds. The van der Waals surface area contributed by atoms with Crippen molar-refractivity contribution in [3.8, 4) is 0 Å². The standard InChI is InChI=1S/C13H17N/c1-2-5-12-6-8-13(9-7-12)14-10-3-4-11-14/h2,5-9H,3-4,10-11H2,1H3. The fourth-order valence-electron chi connectivity index (χ4n) is 1.96. The predicted molar refractivity (Wildman–Crippen MR) is 62.6 cm³/mol. The van der Waals surface area contributed by atoms with Gasteiger partial charge in [-0.1, -0.05) is 24.3 Å². The minimum absolute atomic E-state index is 1.23. The lowest BCUT2D eigenvalue weighted by Crippen LogP contribution is -2.17. The van der Waals surface area contributed by atoms with Gasteiger partial charge in [0.15, 0.2) is 0 Å². The fourth-order valence-corrected chi connectivity index (χ4v) is 1.96. The van der Waals surface area contributed by atoms with Gasteiger partial charge in [0.25, 0.3) is 0 Å². The normalized spacial score (nSPS) is 16.8. The van der Waals surface area contributed by atoms with Crippen molar-refractivity contribution in [3.63, 3.8) is 0 Å². The summed E-state index contributed by atoms with van der Waals surface area (Å²) < 4.78 is 0. The van der Waals surface area contributed by atoms with E-state index in [1.807, 2.05) is 6.92 Å². The fraction of sp³-hybridized carbons (Fsp3) is 0.385. The highest BCUT2D eigenvalue weighted by atomic mass is 15.1. The number of benzene rings is 1. The van der Waals surface area contributed by atoms with E-state index in [-0.39, 0.29) is 0 Å². The Balaban J connectivity index is 2.12. The molecule has 0 bridgehead atoms. The number of hydrogen-bond acceptors (Lipinski definition) is 1. The van der Waals surface area contributed by atoms with Crippen molar-refractivity contribution < 1.29 is 0 Å². The highest BCUT2D eigenvalue weighted by Gasteiger charge is 2.11. The lowest BCUT2D eigenvalue weighted by molar-refractivity contribution is 0.949. The molecule has 74 valence electrons. The third-order valence-electron chi connectivity index (χ3n) is 2.72. The zero-order valence-electron chi connectivity index (χ0n) is 8.74. The van der Waals surface area contributed by atoms with E-state index < -0.39 is 0 Å². The molecule has 0 N–H and O–H groups in total. The van der Waals surface area contributed by atoms with Crippen LogP contribution in [0.1, 0.15) is 25.3 Å². The molecule has 0 unspecified atom stereocenters. The molecule has 1 aromatic rings. The van der Waals surface area contributed by atoms with Gasteiger partial charge in [0.1, 0.15) is 0 Å². The van der Waals surface area contributed by atoms with Crippen LogP contribution in [0.2, 0.25) is 0 Å². The maximum atomic E-state index is 2.46. The molecule has 14 heavy (non-hydrogen) atoms. The average molecular weight is 187 g/mol. The summed E-state index contributed by atoms with van der Waals surface area (Å²) in [6, 6.07) is 8.82. The lowest BCUT2D eigenvalue weighted by Gasteiger charge is -2.17. The largest absolute Gasteiger partial charge is 0.372 e. The van der Waals surface area contributed by atoms with Crippen LogP contribution in [0, 0.1) is 0 Å². The summed E-state index contributed by atoms with van der Waals surface area (Å²) in [5, 5.41) is 0. The number of hydrogen-bond donors (Lipinski definition) is 0. The van der Waals surface area contributed by atoms with Crippen molar-refractivity contribution in [1.29, 1.82) is 0 Å². The minimum atomic E-state index is 1.23. The summed E-state index contributed by atoms with van der Waals surface area (Å²) in [4.78, 5) is 2.46. The smallest absolute Gasteiger partial charge is 0.0366 e. The summed E-state index contributed by atoms with van der Waals surface area (Å²) in [5.74, 6) is 0. The summed E-state index contributed by atoms with van der Waals surface area (Å²) in [7, 11) is 0. The molecule has 1 aliphatic heterocycles. The monoisotopic (exact) mass is 187 g/mol. The zero-order valence-corrected chi connectivity index (χ0v) is 8.74. The quantitative estimate of drug-likeness (QED) is 0.686. The van der Waals surface area contributed by atoms with Gasteiger partial charge in [0, 0.05) is 18.8 Å². The predicted octanol–water partition coefficient (Wildman–Crippen LogP) is 3.32. The Morgan fingerprint density at radius 3 is 2.29 bits per heavy atom. The summed E-state index contributed by atoms with van der Waals surface area (Å²) in [6.45, 7) is 4.50. The summed E-state index contributed by atoms with van der Waals surface area (Å²) in [6.07, 6.45) is 6.89. The van der Waals surface area contributed by atoms with Gasteiger partial charge >= 0.3 is 0 Å². The Hall–Kier alpha value is -1.24. The SMILES string of the molecule is CC=Cc1ccc(N2CCCC2)cc1. The minimum Gasteiger partial charge on any atom is -0.372 e. The van der Waals surface area contributed by atoms with Gasteiger partial charge in [-0.2, -0.15) is 0 Å². The molecule has 1 saturated heterocycles. The molecule has 1 heteroatoms. The maximum absolute atomic E-state index is 2.46. The number of nitrogens with zero attached hydrogens (tertiary/aromatic N) is 1. The van der Waals surface area contributed by atoms with Crippen molar-refractivity contribution in [2.75, 3.05) is 18.0 Å². The van der Waals surface area contributed by atoms with E-state index in [9.17, 15) is 0 Å². The maximum Gasteiger partial charge on any atom is 0.0366 e. The van der Waals surface area contributed by atoms with E-state index in [0.717, 1.165) is 0 Å². The van der Waals surface area contributed by atoms with Crippen molar-refractivity contribution >= 4 is 11.8 Å². The molecular weight excluding hydrogens is 170 g/mol. The van der Waals surface area contributed by atoms with Gasteiger partial charge in [-0.15, -0.1) is 0 Å². The second-order valence-corrected chi connectivity index (χ2v) is 3.79. The second kappa shape index (κ2) is 4.32. The second-order valence-electron chi connectivity index (χ2n) is 3.79. The number of allylic oxidation sites excluding steroid dienone is 1. The third kappa shape index (κ3) is 1.98. The van der Waals surface area contributed by atoms with E-state index in [2.05, 4.69) is 41.3 Å². The first-order valence-electron chi connectivity index (χ1n) is 5.38. The number of rotatable bonds is 2. The van der Waals surface area contributed by atoms with E-state index in [4.69, 9.17) is 0 Å². The first-order valence-corrected chi connectivity index (χ1v) is 5.38. The zero-order chi connectivity index (χ0) is 9.80. The summed E-state index contributed by atoms with van der Waals surface area (Å²) in [5.41, 5.74) is 2.66. The average Bonchev–Trinajstić information content (AvgIpc) is 2.72. The molecule has 0 aliphatic carbocycles. The van der Waals surface area contributed by atoms with Gasteiger partial charge in [-0.05, 0) is 37.5 Å². The molecule has 1 fully saturated rings. The van der Waals surface area contributed by atoms with Gasteiger partial charge in [0.2, 0.25) is 0 Å². The van der Waals surface area contributed by atoms with Crippen LogP contribution in [0.4, 0.5) is 5.69 Å². The van der Waals surface area contributed by atoms with Gasteiger partial charge < -0.3 is 4.90 Å². The van der Waals surface area contributed by atoms with E-state index >= 15 is 0 Å². The van der Waals surface area contributed by atoms with Crippen LogP contribution >= 0.6 is 0 Å². The molecule has 0 atom stereocenters. The molecule has 1 aromatic carbocycles. The van der Waals surface area contributed by atoms with Gasteiger partial charge in [0.05, 0.1) is 0 Å². The van der Waals surface area contributed by atoms with E-state index in [1.165, 1.54) is 37.2 Å². The Labute approximate surface area is 86.1 Å². The van der Waals surface area contributed by atoms with Crippen molar-refractivity contribution in [1.82, 2.24) is 0 Å². The van der Waals surface area contributed by atoms with Crippen LogP contribution in [0.5, 0.6) is 0 Å². The molecule has 0 saturated carbocycles. The molecule has 0 spiro atoms.